The second-order valence-corrected chi connectivity index (χ2v) is 7.22. The fourth-order valence-electron chi connectivity index (χ4n) is 3.45. The van der Waals surface area contributed by atoms with Crippen LogP contribution in [0.4, 0.5) is 4.79 Å². The van der Waals surface area contributed by atoms with Gasteiger partial charge in [0.1, 0.15) is 11.3 Å². The number of benzene rings is 1. The van der Waals surface area contributed by atoms with Gasteiger partial charge in [0, 0.05) is 23.6 Å². The molecule has 2 amide bonds. The summed E-state index contributed by atoms with van der Waals surface area (Å²) in [4.78, 5) is 12.3. The van der Waals surface area contributed by atoms with Crippen LogP contribution in [0.3, 0.4) is 0 Å². The highest BCUT2D eigenvalue weighted by molar-refractivity contribution is 5.82. The van der Waals surface area contributed by atoms with Crippen LogP contribution >= 0.6 is 0 Å². The van der Waals surface area contributed by atoms with Gasteiger partial charge in [-0.3, -0.25) is 0 Å². The molecule has 0 radical (unpaired) electrons. The van der Waals surface area contributed by atoms with Crippen molar-refractivity contribution in [3.63, 3.8) is 0 Å². The lowest BCUT2D eigenvalue weighted by molar-refractivity contribution is -0.0611. The summed E-state index contributed by atoms with van der Waals surface area (Å²) in [6, 6.07) is 7.71. The first-order valence-corrected chi connectivity index (χ1v) is 8.55. The van der Waals surface area contributed by atoms with Gasteiger partial charge in [0.05, 0.1) is 11.6 Å². The Morgan fingerprint density at radius 3 is 2.79 bits per heavy atom. The molecule has 2 N–H and O–H groups in total. The minimum Gasteiger partial charge on any atom is -0.459 e. The molecular weight excluding hydrogens is 304 g/mol. The first kappa shape index (κ1) is 16.8. The molecule has 1 aliphatic rings. The number of nitrogens with one attached hydrogen (secondary N) is 2. The summed E-state index contributed by atoms with van der Waals surface area (Å²) in [5, 5.41) is 7.14. The van der Waals surface area contributed by atoms with Crippen molar-refractivity contribution in [2.24, 2.45) is 0 Å². The molecular formula is C19H26N2O3. The number of hydrogen-bond acceptors (Lipinski definition) is 3. The molecule has 5 heteroatoms. The average Bonchev–Trinajstić information content (AvgIpc) is 2.84. The third-order valence-corrected chi connectivity index (χ3v) is 4.65. The molecule has 1 unspecified atom stereocenters. The molecule has 1 aromatic carbocycles. The van der Waals surface area contributed by atoms with E-state index in [9.17, 15) is 4.79 Å². The lowest BCUT2D eigenvalue weighted by Gasteiger charge is -2.35. The Morgan fingerprint density at radius 1 is 1.33 bits per heavy atom. The van der Waals surface area contributed by atoms with E-state index in [1.54, 1.807) is 0 Å². The van der Waals surface area contributed by atoms with Gasteiger partial charge in [-0.2, -0.15) is 0 Å². The summed E-state index contributed by atoms with van der Waals surface area (Å²) < 4.78 is 11.6. The van der Waals surface area contributed by atoms with Gasteiger partial charge in [0.25, 0.3) is 0 Å². The zero-order valence-electron chi connectivity index (χ0n) is 14.8. The summed E-state index contributed by atoms with van der Waals surface area (Å²) in [5.41, 5.74) is 1.74. The molecule has 1 aromatic heterocycles. The summed E-state index contributed by atoms with van der Waals surface area (Å²) in [6.07, 6.45) is 1.66. The second kappa shape index (κ2) is 6.48. The van der Waals surface area contributed by atoms with Crippen LogP contribution in [0.5, 0.6) is 0 Å². The molecule has 24 heavy (non-hydrogen) atoms. The normalized spacial score (nSPS) is 21.4. The number of amides is 2. The lowest BCUT2D eigenvalue weighted by Crippen LogP contribution is -2.49. The predicted molar refractivity (Wildman–Crippen MR) is 94.1 cm³/mol. The number of hydrogen-bond donors (Lipinski definition) is 2. The van der Waals surface area contributed by atoms with Gasteiger partial charge >= 0.3 is 6.03 Å². The van der Waals surface area contributed by atoms with Crippen molar-refractivity contribution in [1.82, 2.24) is 10.6 Å². The fraction of sp³-hybridized carbons (Fsp3) is 0.526. The van der Waals surface area contributed by atoms with E-state index >= 15 is 0 Å². The van der Waals surface area contributed by atoms with Crippen molar-refractivity contribution >= 4 is 17.0 Å². The van der Waals surface area contributed by atoms with Gasteiger partial charge in [-0.25, -0.2) is 4.79 Å². The number of ether oxygens (including phenoxy) is 1. The van der Waals surface area contributed by atoms with Crippen molar-refractivity contribution in [2.75, 3.05) is 6.61 Å². The fourth-order valence-corrected chi connectivity index (χ4v) is 3.45. The quantitative estimate of drug-likeness (QED) is 0.892. The third-order valence-electron chi connectivity index (χ3n) is 4.65. The summed E-state index contributed by atoms with van der Waals surface area (Å²) in [5.74, 6) is 0.804. The second-order valence-electron chi connectivity index (χ2n) is 7.22. The van der Waals surface area contributed by atoms with Gasteiger partial charge < -0.3 is 19.8 Å². The van der Waals surface area contributed by atoms with Crippen LogP contribution < -0.4 is 10.6 Å². The molecule has 0 bridgehead atoms. The smallest absolute Gasteiger partial charge is 0.315 e. The third kappa shape index (κ3) is 3.56. The summed E-state index contributed by atoms with van der Waals surface area (Å²) >= 11 is 0. The Bertz CT molecular complexity index is 735. The first-order chi connectivity index (χ1) is 11.4. The molecule has 2 atom stereocenters. The number of rotatable bonds is 3. The predicted octanol–water partition coefficient (Wildman–Crippen LogP) is 4.06. The highest BCUT2D eigenvalue weighted by Gasteiger charge is 2.30. The van der Waals surface area contributed by atoms with Crippen molar-refractivity contribution in [2.45, 2.75) is 58.2 Å². The number of aryl methyl sites for hydroxylation is 1. The van der Waals surface area contributed by atoms with E-state index in [-0.39, 0.29) is 23.7 Å². The van der Waals surface area contributed by atoms with E-state index in [0.29, 0.717) is 6.61 Å². The number of carbonyl (C=O) groups is 1. The van der Waals surface area contributed by atoms with Crippen molar-refractivity contribution < 1.29 is 13.9 Å². The zero-order chi connectivity index (χ0) is 17.3. The van der Waals surface area contributed by atoms with Gasteiger partial charge in [-0.15, -0.1) is 0 Å². The van der Waals surface area contributed by atoms with Gasteiger partial charge in [-0.1, -0.05) is 18.2 Å². The van der Waals surface area contributed by atoms with Crippen LogP contribution in [0.25, 0.3) is 11.0 Å². The van der Waals surface area contributed by atoms with Crippen LogP contribution in [0, 0.1) is 6.92 Å². The van der Waals surface area contributed by atoms with Gasteiger partial charge in [0.15, 0.2) is 0 Å². The number of urea groups is 1. The van der Waals surface area contributed by atoms with E-state index in [2.05, 4.69) is 24.5 Å². The van der Waals surface area contributed by atoms with Crippen LogP contribution in [0.15, 0.2) is 28.7 Å². The topological polar surface area (TPSA) is 63.5 Å². The Balaban J connectivity index is 1.64. The molecule has 3 rings (SSSR count). The molecule has 1 fully saturated rings. The van der Waals surface area contributed by atoms with E-state index < -0.39 is 0 Å². The molecule has 0 saturated carbocycles. The van der Waals surface area contributed by atoms with Gasteiger partial charge in [0.2, 0.25) is 0 Å². The van der Waals surface area contributed by atoms with Crippen LogP contribution in [-0.2, 0) is 4.74 Å². The number of carbonyl (C=O) groups excluding carboxylic acids is 1. The molecule has 0 aliphatic carbocycles. The molecule has 130 valence electrons. The van der Waals surface area contributed by atoms with E-state index in [4.69, 9.17) is 9.15 Å². The maximum Gasteiger partial charge on any atom is 0.315 e. The maximum absolute atomic E-state index is 12.3. The molecule has 1 aliphatic heterocycles. The molecule has 2 aromatic rings. The monoisotopic (exact) mass is 330 g/mol. The number of fused-ring (bicyclic) bond motifs is 1. The first-order valence-electron chi connectivity index (χ1n) is 8.55. The number of furan rings is 1. The minimum atomic E-state index is -0.190. The van der Waals surface area contributed by atoms with E-state index in [1.165, 1.54) is 0 Å². The lowest BCUT2D eigenvalue weighted by atomic mass is 9.94. The Kier molecular flexibility index (Phi) is 4.54. The minimum absolute atomic E-state index is 0.137. The highest BCUT2D eigenvalue weighted by Crippen LogP contribution is 2.29. The SMILES string of the molecule is Cc1c([C@@H](C)NC(=O)NC2CCOC(C)(C)C2)oc2ccccc12. The summed E-state index contributed by atoms with van der Waals surface area (Å²) in [6.45, 7) is 8.75. The summed E-state index contributed by atoms with van der Waals surface area (Å²) in [7, 11) is 0. The van der Waals surface area contributed by atoms with Crippen LogP contribution in [-0.4, -0.2) is 24.3 Å². The van der Waals surface area contributed by atoms with Crippen LogP contribution in [0.1, 0.15) is 51.0 Å². The largest absolute Gasteiger partial charge is 0.459 e. The number of para-hydroxylation sites is 1. The molecule has 2 heterocycles. The molecule has 0 spiro atoms. The Labute approximate surface area is 142 Å². The highest BCUT2D eigenvalue weighted by atomic mass is 16.5. The molecule has 1 saturated heterocycles. The average molecular weight is 330 g/mol. The maximum atomic E-state index is 12.3. The zero-order valence-corrected chi connectivity index (χ0v) is 14.8. The van der Waals surface area contributed by atoms with E-state index in [0.717, 1.165) is 35.1 Å². The Hall–Kier alpha value is -2.01. The van der Waals surface area contributed by atoms with Crippen molar-refractivity contribution in [3.05, 3.63) is 35.6 Å². The van der Waals surface area contributed by atoms with Gasteiger partial charge in [-0.05, 0) is 46.6 Å². The Morgan fingerprint density at radius 2 is 2.08 bits per heavy atom. The van der Waals surface area contributed by atoms with Crippen molar-refractivity contribution in [3.8, 4) is 0 Å². The van der Waals surface area contributed by atoms with Crippen molar-refractivity contribution in [1.29, 1.82) is 0 Å². The van der Waals surface area contributed by atoms with Crippen LogP contribution in [0.2, 0.25) is 0 Å². The van der Waals surface area contributed by atoms with E-state index in [1.807, 2.05) is 38.1 Å². The molecule has 5 nitrogen and oxygen atoms in total. The standard InChI is InChI=1S/C19H26N2O3/c1-12-15-7-5-6-8-16(15)24-17(12)13(2)20-18(22)21-14-9-10-23-19(3,4)11-14/h5-8,13-14H,9-11H2,1-4H3,(H2,20,21,22)/t13-,14?/m1/s1.